The predicted octanol–water partition coefficient (Wildman–Crippen LogP) is 4.61. The van der Waals surface area contributed by atoms with Crippen molar-refractivity contribution in [1.29, 1.82) is 0 Å². The zero-order valence-corrected chi connectivity index (χ0v) is 17.4. The summed E-state index contributed by atoms with van der Waals surface area (Å²) in [5, 5.41) is 13.2. The number of aromatic nitrogens is 2. The summed E-state index contributed by atoms with van der Waals surface area (Å²) in [6.07, 6.45) is 0. The zero-order valence-electron chi connectivity index (χ0n) is 15.1. The van der Waals surface area contributed by atoms with Crippen molar-refractivity contribution in [2.45, 2.75) is 6.54 Å². The SMILES string of the molecule is CN(CCOc1cccc(Cl)c1)Cc1nnc(C(=O)Nc2ccc(Cl)cc2)s1. The van der Waals surface area contributed by atoms with Crippen molar-refractivity contribution in [2.75, 3.05) is 25.5 Å². The summed E-state index contributed by atoms with van der Waals surface area (Å²) < 4.78 is 5.68. The van der Waals surface area contributed by atoms with Crippen LogP contribution in [0, 0.1) is 0 Å². The van der Waals surface area contributed by atoms with Crippen molar-refractivity contribution in [1.82, 2.24) is 15.1 Å². The molecule has 28 heavy (non-hydrogen) atoms. The van der Waals surface area contributed by atoms with Crippen LogP contribution in [0.25, 0.3) is 0 Å². The topological polar surface area (TPSA) is 67.3 Å². The second-order valence-electron chi connectivity index (χ2n) is 6.01. The number of anilines is 1. The van der Waals surface area contributed by atoms with E-state index in [1.54, 1.807) is 36.4 Å². The van der Waals surface area contributed by atoms with E-state index in [-0.39, 0.29) is 5.91 Å². The molecule has 0 aliphatic rings. The van der Waals surface area contributed by atoms with Gasteiger partial charge in [-0.2, -0.15) is 0 Å². The molecular weight excluding hydrogens is 419 g/mol. The number of nitrogens with zero attached hydrogens (tertiary/aromatic N) is 3. The van der Waals surface area contributed by atoms with Gasteiger partial charge in [0, 0.05) is 22.3 Å². The highest BCUT2D eigenvalue weighted by Crippen LogP contribution is 2.18. The normalized spacial score (nSPS) is 10.9. The van der Waals surface area contributed by atoms with Crippen LogP contribution in [0.2, 0.25) is 10.0 Å². The fourth-order valence-electron chi connectivity index (χ4n) is 2.31. The van der Waals surface area contributed by atoms with E-state index in [9.17, 15) is 4.79 Å². The molecule has 3 aromatic rings. The highest BCUT2D eigenvalue weighted by Gasteiger charge is 2.14. The molecule has 1 aromatic heterocycles. The van der Waals surface area contributed by atoms with E-state index in [1.807, 2.05) is 24.1 Å². The standard InChI is InChI=1S/C19H18Cl2N4O2S/c1-25(9-10-27-16-4-2-3-14(21)11-16)12-17-23-24-19(28-17)18(26)22-15-7-5-13(20)6-8-15/h2-8,11H,9-10,12H2,1H3,(H,22,26). The van der Waals surface area contributed by atoms with E-state index in [4.69, 9.17) is 27.9 Å². The fraction of sp³-hybridized carbons (Fsp3) is 0.211. The van der Waals surface area contributed by atoms with Crippen LogP contribution in [0.1, 0.15) is 14.8 Å². The molecule has 0 radical (unpaired) electrons. The predicted molar refractivity (Wildman–Crippen MR) is 113 cm³/mol. The Balaban J connectivity index is 1.46. The van der Waals surface area contributed by atoms with Gasteiger partial charge in [0.05, 0.1) is 6.54 Å². The van der Waals surface area contributed by atoms with Gasteiger partial charge >= 0.3 is 0 Å². The lowest BCUT2D eigenvalue weighted by molar-refractivity contribution is 0.102. The summed E-state index contributed by atoms with van der Waals surface area (Å²) in [5.41, 5.74) is 0.654. The number of halogens is 2. The first-order chi connectivity index (χ1) is 13.5. The van der Waals surface area contributed by atoms with Gasteiger partial charge in [-0.25, -0.2) is 0 Å². The first-order valence-corrected chi connectivity index (χ1v) is 10.0. The Morgan fingerprint density at radius 2 is 1.93 bits per heavy atom. The van der Waals surface area contributed by atoms with Crippen molar-refractivity contribution < 1.29 is 9.53 Å². The second-order valence-corrected chi connectivity index (χ2v) is 7.94. The molecule has 0 unspecified atom stereocenters. The van der Waals surface area contributed by atoms with E-state index >= 15 is 0 Å². The highest BCUT2D eigenvalue weighted by atomic mass is 35.5. The summed E-state index contributed by atoms with van der Waals surface area (Å²) in [5.74, 6) is 0.441. The lowest BCUT2D eigenvalue weighted by atomic mass is 10.3. The van der Waals surface area contributed by atoms with Gasteiger partial charge in [-0.05, 0) is 49.5 Å². The third-order valence-corrected chi connectivity index (χ3v) is 5.10. The number of hydrogen-bond acceptors (Lipinski definition) is 6. The van der Waals surface area contributed by atoms with E-state index in [0.29, 0.717) is 40.4 Å². The number of benzene rings is 2. The van der Waals surface area contributed by atoms with Crippen LogP contribution < -0.4 is 10.1 Å². The van der Waals surface area contributed by atoms with Crippen LogP contribution in [-0.4, -0.2) is 41.2 Å². The summed E-state index contributed by atoms with van der Waals surface area (Å²) in [6, 6.07) is 14.2. The largest absolute Gasteiger partial charge is 0.492 e. The van der Waals surface area contributed by atoms with Crippen LogP contribution in [0.3, 0.4) is 0 Å². The summed E-state index contributed by atoms with van der Waals surface area (Å²) >= 11 is 13.0. The number of likely N-dealkylation sites (N-methyl/N-ethyl adjacent to an activating group) is 1. The number of amides is 1. The summed E-state index contributed by atoms with van der Waals surface area (Å²) in [4.78, 5) is 14.3. The molecule has 0 aliphatic carbocycles. The van der Waals surface area contributed by atoms with Crippen molar-refractivity contribution in [3.8, 4) is 5.75 Å². The fourth-order valence-corrected chi connectivity index (χ4v) is 3.43. The quantitative estimate of drug-likeness (QED) is 0.558. The second kappa shape index (κ2) is 9.84. The molecule has 1 heterocycles. The Labute approximate surface area is 177 Å². The van der Waals surface area contributed by atoms with Crippen molar-refractivity contribution >= 4 is 46.1 Å². The van der Waals surface area contributed by atoms with Crippen LogP contribution in [0.4, 0.5) is 5.69 Å². The van der Waals surface area contributed by atoms with E-state index in [0.717, 1.165) is 10.8 Å². The van der Waals surface area contributed by atoms with Crippen molar-refractivity contribution in [3.05, 3.63) is 68.6 Å². The van der Waals surface area contributed by atoms with E-state index < -0.39 is 0 Å². The number of carbonyl (C=O) groups is 1. The molecule has 0 atom stereocenters. The number of nitrogens with one attached hydrogen (secondary N) is 1. The Morgan fingerprint density at radius 3 is 2.68 bits per heavy atom. The average Bonchev–Trinajstić information content (AvgIpc) is 3.12. The van der Waals surface area contributed by atoms with Crippen LogP contribution in [0.5, 0.6) is 5.75 Å². The Morgan fingerprint density at radius 1 is 1.14 bits per heavy atom. The smallest absolute Gasteiger partial charge is 0.286 e. The van der Waals surface area contributed by atoms with Gasteiger partial charge in [-0.3, -0.25) is 9.69 Å². The molecular formula is C19H18Cl2N4O2S. The molecule has 2 aromatic carbocycles. The van der Waals surface area contributed by atoms with Gasteiger partial charge in [0.15, 0.2) is 0 Å². The molecule has 0 saturated heterocycles. The molecule has 0 spiro atoms. The van der Waals surface area contributed by atoms with Crippen LogP contribution >= 0.6 is 34.5 Å². The maximum Gasteiger partial charge on any atom is 0.286 e. The maximum atomic E-state index is 12.3. The number of hydrogen-bond donors (Lipinski definition) is 1. The van der Waals surface area contributed by atoms with Gasteiger partial charge in [-0.15, -0.1) is 10.2 Å². The Bertz CT molecular complexity index is 934. The van der Waals surface area contributed by atoms with E-state index in [1.165, 1.54) is 11.3 Å². The Hall–Kier alpha value is -2.19. The monoisotopic (exact) mass is 436 g/mol. The molecule has 3 rings (SSSR count). The molecule has 0 aliphatic heterocycles. The van der Waals surface area contributed by atoms with Gasteiger partial charge in [-0.1, -0.05) is 40.6 Å². The van der Waals surface area contributed by atoms with Gasteiger partial charge < -0.3 is 10.1 Å². The number of rotatable bonds is 8. The van der Waals surface area contributed by atoms with Crippen molar-refractivity contribution in [3.63, 3.8) is 0 Å². The molecule has 0 fully saturated rings. The van der Waals surface area contributed by atoms with Crippen molar-refractivity contribution in [2.24, 2.45) is 0 Å². The van der Waals surface area contributed by atoms with Crippen LogP contribution in [-0.2, 0) is 6.54 Å². The third kappa shape index (κ3) is 6.17. The first-order valence-electron chi connectivity index (χ1n) is 8.46. The zero-order chi connectivity index (χ0) is 19.9. The molecule has 1 amide bonds. The molecule has 0 bridgehead atoms. The minimum atomic E-state index is -0.294. The molecule has 0 saturated carbocycles. The molecule has 9 heteroatoms. The lowest BCUT2D eigenvalue weighted by Gasteiger charge is -2.15. The summed E-state index contributed by atoms with van der Waals surface area (Å²) in [7, 11) is 1.95. The molecule has 146 valence electrons. The van der Waals surface area contributed by atoms with Gasteiger partial charge in [0.1, 0.15) is 17.4 Å². The molecule has 1 N–H and O–H groups in total. The van der Waals surface area contributed by atoms with Gasteiger partial charge in [0.25, 0.3) is 5.91 Å². The van der Waals surface area contributed by atoms with Gasteiger partial charge in [0.2, 0.25) is 5.01 Å². The average molecular weight is 437 g/mol. The lowest BCUT2D eigenvalue weighted by Crippen LogP contribution is -2.23. The van der Waals surface area contributed by atoms with Crippen LogP contribution in [0.15, 0.2) is 48.5 Å². The third-order valence-electron chi connectivity index (χ3n) is 3.71. The number of carbonyl (C=O) groups excluding carboxylic acids is 1. The Kier molecular flexibility index (Phi) is 7.22. The minimum absolute atomic E-state index is 0.294. The van der Waals surface area contributed by atoms with E-state index in [2.05, 4.69) is 15.5 Å². The minimum Gasteiger partial charge on any atom is -0.492 e. The highest BCUT2D eigenvalue weighted by molar-refractivity contribution is 7.13. The maximum absolute atomic E-state index is 12.3. The number of ether oxygens (including phenoxy) is 1. The summed E-state index contributed by atoms with van der Waals surface area (Å²) in [6.45, 7) is 1.78. The first kappa shape index (κ1) is 20.5. The molecule has 6 nitrogen and oxygen atoms in total.